The molecule has 4 rings (SSSR count). The first-order chi connectivity index (χ1) is 19.4. The van der Waals surface area contributed by atoms with Crippen LogP contribution in [0.2, 0.25) is 0 Å². The van der Waals surface area contributed by atoms with Crippen molar-refractivity contribution in [1.82, 2.24) is 30.2 Å². The number of anilines is 1. The fraction of sp³-hybridized carbons (Fsp3) is 0.452. The molecule has 0 aliphatic carbocycles. The van der Waals surface area contributed by atoms with Crippen molar-refractivity contribution >= 4 is 17.5 Å². The van der Waals surface area contributed by atoms with Crippen molar-refractivity contribution in [3.8, 4) is 11.1 Å². The van der Waals surface area contributed by atoms with Gasteiger partial charge in [0.2, 0.25) is 11.8 Å². The van der Waals surface area contributed by atoms with Crippen LogP contribution in [-0.2, 0) is 16.8 Å². The van der Waals surface area contributed by atoms with E-state index in [1.165, 1.54) is 0 Å². The number of nitrogens with one attached hydrogen (secondary N) is 1. The van der Waals surface area contributed by atoms with Gasteiger partial charge in [-0.15, -0.1) is 0 Å². The average molecular weight is 560 g/mol. The van der Waals surface area contributed by atoms with E-state index >= 15 is 0 Å². The number of nitrogens with zero attached hydrogens (tertiary/aromatic N) is 6. The van der Waals surface area contributed by atoms with E-state index in [-0.39, 0.29) is 29.1 Å². The highest BCUT2D eigenvalue weighted by molar-refractivity contribution is 5.90. The van der Waals surface area contributed by atoms with Gasteiger partial charge in [-0.1, -0.05) is 50.2 Å². The zero-order valence-electron chi connectivity index (χ0n) is 25.1. The number of likely N-dealkylation sites (N-methyl/N-ethyl adjacent to an activating group) is 1. The number of amides is 2. The van der Waals surface area contributed by atoms with Crippen LogP contribution in [0.1, 0.15) is 55.3 Å². The summed E-state index contributed by atoms with van der Waals surface area (Å²) >= 11 is 0. The van der Waals surface area contributed by atoms with Crippen LogP contribution in [0.25, 0.3) is 11.1 Å². The molecule has 41 heavy (non-hydrogen) atoms. The Labute approximate surface area is 242 Å². The van der Waals surface area contributed by atoms with Crippen molar-refractivity contribution in [1.29, 1.82) is 0 Å². The van der Waals surface area contributed by atoms with Crippen molar-refractivity contribution in [2.75, 3.05) is 45.2 Å². The number of carbonyl (C=O) groups is 2. The molecule has 2 aromatic heterocycles. The second-order valence-electron chi connectivity index (χ2n) is 11.9. The number of rotatable bonds is 8. The molecule has 1 aliphatic rings. The lowest BCUT2D eigenvalue weighted by Gasteiger charge is -2.41. The number of hydrogen-bond acceptors (Lipinski definition) is 8. The van der Waals surface area contributed by atoms with Crippen LogP contribution in [0.4, 0.5) is 5.69 Å². The Morgan fingerprint density at radius 3 is 2.63 bits per heavy atom. The summed E-state index contributed by atoms with van der Waals surface area (Å²) in [6.45, 7) is 13.2. The predicted molar refractivity (Wildman–Crippen MR) is 160 cm³/mol. The highest BCUT2D eigenvalue weighted by Gasteiger charge is 2.28. The molecule has 2 amide bonds. The monoisotopic (exact) mass is 559 g/mol. The SMILES string of the molecule is Cc1cc(-c2ccncc2N2CCN(C(=O)/C=C/CN(C)C)C(C)C2)ccc1CNC(=O)c1noc(C(C)(C)C)n1. The third-order valence-corrected chi connectivity index (χ3v) is 7.15. The summed E-state index contributed by atoms with van der Waals surface area (Å²) < 4.78 is 5.24. The van der Waals surface area contributed by atoms with Gasteiger partial charge in [-0.05, 0) is 50.7 Å². The van der Waals surface area contributed by atoms with E-state index in [9.17, 15) is 9.59 Å². The average Bonchev–Trinajstić information content (AvgIpc) is 3.43. The fourth-order valence-corrected chi connectivity index (χ4v) is 4.78. The van der Waals surface area contributed by atoms with E-state index in [1.807, 2.05) is 76.0 Å². The zero-order chi connectivity index (χ0) is 29.7. The van der Waals surface area contributed by atoms with Crippen molar-refractivity contribution in [3.05, 3.63) is 71.7 Å². The van der Waals surface area contributed by atoms with Crippen molar-refractivity contribution in [2.24, 2.45) is 0 Å². The van der Waals surface area contributed by atoms with Gasteiger partial charge in [0.25, 0.3) is 11.7 Å². The maximum absolute atomic E-state index is 12.8. The maximum Gasteiger partial charge on any atom is 0.292 e. The van der Waals surface area contributed by atoms with Crippen LogP contribution in [0, 0.1) is 6.92 Å². The van der Waals surface area contributed by atoms with E-state index in [1.54, 1.807) is 12.3 Å². The quantitative estimate of drug-likeness (QED) is 0.415. The minimum Gasteiger partial charge on any atom is -0.366 e. The van der Waals surface area contributed by atoms with Gasteiger partial charge < -0.3 is 24.5 Å². The van der Waals surface area contributed by atoms with Crippen LogP contribution < -0.4 is 10.2 Å². The molecule has 218 valence electrons. The van der Waals surface area contributed by atoms with Gasteiger partial charge in [-0.3, -0.25) is 14.6 Å². The van der Waals surface area contributed by atoms with E-state index in [2.05, 4.69) is 44.4 Å². The zero-order valence-corrected chi connectivity index (χ0v) is 25.1. The summed E-state index contributed by atoms with van der Waals surface area (Å²) in [4.78, 5) is 40.3. The van der Waals surface area contributed by atoms with E-state index in [0.29, 0.717) is 19.0 Å². The first-order valence-corrected chi connectivity index (χ1v) is 14.0. The molecule has 3 heterocycles. The molecular weight excluding hydrogens is 518 g/mol. The second-order valence-corrected chi connectivity index (χ2v) is 11.9. The number of piperazine rings is 1. The number of benzene rings is 1. The number of pyridine rings is 1. The van der Waals surface area contributed by atoms with E-state index < -0.39 is 0 Å². The smallest absolute Gasteiger partial charge is 0.292 e. The summed E-state index contributed by atoms with van der Waals surface area (Å²) in [5.74, 6) is 0.142. The lowest BCUT2D eigenvalue weighted by atomic mass is 9.97. The lowest BCUT2D eigenvalue weighted by molar-refractivity contribution is -0.128. The van der Waals surface area contributed by atoms with Gasteiger partial charge in [-0.2, -0.15) is 4.98 Å². The minimum absolute atomic E-state index is 0.0336. The summed E-state index contributed by atoms with van der Waals surface area (Å²) in [7, 11) is 3.96. The Bertz CT molecular complexity index is 1410. The first-order valence-electron chi connectivity index (χ1n) is 14.0. The molecule has 1 aromatic carbocycles. The Hall–Kier alpha value is -4.05. The van der Waals surface area contributed by atoms with Crippen LogP contribution in [0.15, 0.2) is 53.3 Å². The van der Waals surface area contributed by atoms with Crippen molar-refractivity contribution in [2.45, 2.75) is 52.6 Å². The molecule has 0 bridgehead atoms. The second kappa shape index (κ2) is 12.6. The molecule has 0 radical (unpaired) electrons. The van der Waals surface area contributed by atoms with Crippen LogP contribution in [0.3, 0.4) is 0 Å². The predicted octanol–water partition coefficient (Wildman–Crippen LogP) is 3.82. The van der Waals surface area contributed by atoms with Crippen molar-refractivity contribution in [3.63, 3.8) is 0 Å². The largest absolute Gasteiger partial charge is 0.366 e. The number of aromatic nitrogens is 3. The van der Waals surface area contributed by atoms with Crippen LogP contribution in [-0.4, -0.2) is 83.1 Å². The Kier molecular flexibility index (Phi) is 9.22. The standard InChI is InChI=1S/C31H41N7O3/c1-21-17-23(10-11-24(21)18-33-29(40)28-34-30(41-35-28)31(3,4)5)25-12-13-32-19-26(25)37-15-16-38(22(2)20-37)27(39)9-8-14-36(6)7/h8-13,17,19,22H,14-16,18,20H2,1-7H3,(H,33,40)/b9-8+. The lowest BCUT2D eigenvalue weighted by Crippen LogP contribution is -2.53. The molecule has 0 spiro atoms. The molecule has 10 heteroatoms. The highest BCUT2D eigenvalue weighted by Crippen LogP contribution is 2.32. The normalized spacial score (nSPS) is 16.0. The van der Waals surface area contributed by atoms with Crippen molar-refractivity contribution < 1.29 is 14.1 Å². The van der Waals surface area contributed by atoms with Crippen LogP contribution >= 0.6 is 0 Å². The molecule has 1 saturated heterocycles. The van der Waals surface area contributed by atoms with Gasteiger partial charge >= 0.3 is 0 Å². The van der Waals surface area contributed by atoms with Gasteiger partial charge in [0, 0.05) is 62.0 Å². The van der Waals surface area contributed by atoms with Gasteiger partial charge in [-0.25, -0.2) is 0 Å². The maximum atomic E-state index is 12.8. The van der Waals surface area contributed by atoms with E-state index in [0.717, 1.165) is 47.6 Å². The summed E-state index contributed by atoms with van der Waals surface area (Å²) in [5.41, 5.74) is 4.93. The van der Waals surface area contributed by atoms with Gasteiger partial charge in [0.05, 0.1) is 11.9 Å². The summed E-state index contributed by atoms with van der Waals surface area (Å²) in [5, 5.41) is 6.73. The molecule has 1 unspecified atom stereocenters. The molecule has 1 aliphatic heterocycles. The highest BCUT2D eigenvalue weighted by atomic mass is 16.5. The molecule has 1 fully saturated rings. The minimum atomic E-state index is -0.371. The molecule has 3 aromatic rings. The number of carbonyl (C=O) groups excluding carboxylic acids is 2. The molecule has 1 N–H and O–H groups in total. The fourth-order valence-electron chi connectivity index (χ4n) is 4.78. The van der Waals surface area contributed by atoms with Crippen LogP contribution in [0.5, 0.6) is 0 Å². The molecule has 0 saturated carbocycles. The molecular formula is C31H41N7O3. The Morgan fingerprint density at radius 2 is 1.98 bits per heavy atom. The Balaban J connectivity index is 1.43. The summed E-state index contributed by atoms with van der Waals surface area (Å²) in [6.07, 6.45) is 7.29. The summed E-state index contributed by atoms with van der Waals surface area (Å²) in [6, 6.07) is 8.33. The number of hydrogen-bond donors (Lipinski definition) is 1. The third-order valence-electron chi connectivity index (χ3n) is 7.15. The first kappa shape index (κ1) is 29.9. The number of aryl methyl sites for hydroxylation is 1. The Morgan fingerprint density at radius 1 is 1.20 bits per heavy atom. The third kappa shape index (κ3) is 7.38. The van der Waals surface area contributed by atoms with E-state index in [4.69, 9.17) is 4.52 Å². The topological polar surface area (TPSA) is 108 Å². The molecule has 1 atom stereocenters. The van der Waals surface area contributed by atoms with Gasteiger partial charge in [0.15, 0.2) is 0 Å². The van der Waals surface area contributed by atoms with Gasteiger partial charge in [0.1, 0.15) is 0 Å². The molecule has 10 nitrogen and oxygen atoms in total.